The Morgan fingerprint density at radius 1 is 1.05 bits per heavy atom. The Morgan fingerprint density at radius 3 is 2.59 bits per heavy atom. The van der Waals surface area contributed by atoms with E-state index in [0.29, 0.717) is 33.4 Å². The molecule has 1 aromatic heterocycles. The molecule has 0 saturated carbocycles. The van der Waals surface area contributed by atoms with Crippen LogP contribution in [0.3, 0.4) is 0 Å². The maximum atomic E-state index is 13.5. The Morgan fingerprint density at radius 2 is 1.82 bits per heavy atom. The van der Waals surface area contributed by atoms with Crippen molar-refractivity contribution >= 4 is 84.7 Å². The van der Waals surface area contributed by atoms with Crippen molar-refractivity contribution in [1.29, 1.82) is 0 Å². The number of carbonyl (C=O) groups is 2. The van der Waals surface area contributed by atoms with Gasteiger partial charge in [-0.1, -0.05) is 73.4 Å². The van der Waals surface area contributed by atoms with Crippen molar-refractivity contribution in [3.63, 3.8) is 0 Å². The third kappa shape index (κ3) is 4.67. The number of nitrogens with one attached hydrogen (secondary N) is 2. The molecule has 3 aromatic carbocycles. The van der Waals surface area contributed by atoms with E-state index < -0.39 is 0 Å². The van der Waals surface area contributed by atoms with E-state index in [0.717, 1.165) is 16.9 Å². The second kappa shape index (κ2) is 10.8. The standard InChI is InChI=1S/C30H24N4O2S3/c1-2-20-21-7-3-4-8-22(21)23(27(20)28-32-24-9-5-6-10-25(24)38-28)15-16-26-29(36)34(30(37)39-26)19-13-11-18(12-14-19)33-31-17-35/h3-14,16-17,23,33H,2,15H2,1H3,(H,31,35). The molecule has 1 saturated heterocycles. The van der Waals surface area contributed by atoms with Gasteiger partial charge in [-0.05, 0) is 71.5 Å². The van der Waals surface area contributed by atoms with Gasteiger partial charge in [0, 0.05) is 5.92 Å². The van der Waals surface area contributed by atoms with Gasteiger partial charge in [-0.25, -0.2) is 4.98 Å². The van der Waals surface area contributed by atoms with Gasteiger partial charge in [0.15, 0.2) is 4.32 Å². The largest absolute Gasteiger partial charge is 0.299 e. The van der Waals surface area contributed by atoms with Crippen LogP contribution in [0.15, 0.2) is 83.8 Å². The van der Waals surface area contributed by atoms with Crippen LogP contribution in [0.1, 0.15) is 41.8 Å². The third-order valence-corrected chi connectivity index (χ3v) is 9.37. The maximum absolute atomic E-state index is 13.5. The summed E-state index contributed by atoms with van der Waals surface area (Å²) in [5.41, 5.74) is 12.7. The molecular weight excluding hydrogens is 545 g/mol. The zero-order valence-corrected chi connectivity index (χ0v) is 23.5. The molecule has 6 nitrogen and oxygen atoms in total. The number of thiazole rings is 1. The van der Waals surface area contributed by atoms with Gasteiger partial charge < -0.3 is 0 Å². The van der Waals surface area contributed by atoms with Crippen LogP contribution in [0.2, 0.25) is 0 Å². The minimum absolute atomic E-state index is 0.107. The molecule has 2 N–H and O–H groups in total. The van der Waals surface area contributed by atoms with Crippen molar-refractivity contribution < 1.29 is 9.59 Å². The molecule has 1 aliphatic carbocycles. The highest BCUT2D eigenvalue weighted by molar-refractivity contribution is 8.27. The molecule has 0 spiro atoms. The quantitative estimate of drug-likeness (QED) is 0.102. The number of hydrogen-bond donors (Lipinski definition) is 2. The van der Waals surface area contributed by atoms with E-state index >= 15 is 0 Å². The second-order valence-corrected chi connectivity index (χ2v) is 11.8. The molecule has 6 rings (SSSR count). The number of amides is 2. The summed E-state index contributed by atoms with van der Waals surface area (Å²) in [4.78, 5) is 31.2. The van der Waals surface area contributed by atoms with Gasteiger partial charge in [0.25, 0.3) is 5.91 Å². The average Bonchev–Trinajstić information content (AvgIpc) is 3.61. The van der Waals surface area contributed by atoms with Crippen molar-refractivity contribution in [2.75, 3.05) is 10.3 Å². The number of thiocarbonyl (C=S) groups is 1. The molecule has 2 aliphatic rings. The Balaban J connectivity index is 1.31. The monoisotopic (exact) mass is 568 g/mol. The van der Waals surface area contributed by atoms with Crippen molar-refractivity contribution in [3.05, 3.63) is 99.9 Å². The first-order chi connectivity index (χ1) is 19.1. The molecule has 4 aromatic rings. The number of anilines is 2. The lowest BCUT2D eigenvalue weighted by Crippen LogP contribution is -2.27. The third-order valence-electron chi connectivity index (χ3n) is 6.95. The number of aromatic nitrogens is 1. The van der Waals surface area contributed by atoms with Gasteiger partial charge in [0.2, 0.25) is 6.41 Å². The van der Waals surface area contributed by atoms with Crippen LogP contribution in [-0.2, 0) is 9.59 Å². The number of carbonyl (C=O) groups excluding carboxylic acids is 2. The first-order valence-corrected chi connectivity index (χ1v) is 14.6. The minimum Gasteiger partial charge on any atom is -0.299 e. The predicted molar refractivity (Wildman–Crippen MR) is 166 cm³/mol. The summed E-state index contributed by atoms with van der Waals surface area (Å²) in [5.74, 6) is -0.0137. The molecule has 2 amide bonds. The van der Waals surface area contributed by atoms with Gasteiger partial charge >= 0.3 is 0 Å². The number of thioether (sulfide) groups is 1. The summed E-state index contributed by atoms with van der Waals surface area (Å²) in [7, 11) is 0. The van der Waals surface area contributed by atoms with E-state index in [1.165, 1.54) is 38.7 Å². The van der Waals surface area contributed by atoms with Crippen LogP contribution in [0.4, 0.5) is 11.4 Å². The fraction of sp³-hybridized carbons (Fsp3) is 0.133. The molecule has 2 heterocycles. The lowest BCUT2D eigenvalue weighted by Gasteiger charge is -2.15. The number of fused-ring (bicyclic) bond motifs is 2. The lowest BCUT2D eigenvalue weighted by atomic mass is 9.92. The van der Waals surface area contributed by atoms with Gasteiger partial charge in [-0.2, -0.15) is 0 Å². The van der Waals surface area contributed by atoms with Gasteiger partial charge in [0.1, 0.15) is 5.01 Å². The molecule has 39 heavy (non-hydrogen) atoms. The summed E-state index contributed by atoms with van der Waals surface area (Å²) >= 11 is 8.66. The molecule has 9 heteroatoms. The van der Waals surface area contributed by atoms with Crippen LogP contribution in [-0.4, -0.2) is 21.6 Å². The highest BCUT2D eigenvalue weighted by atomic mass is 32.2. The van der Waals surface area contributed by atoms with E-state index in [-0.39, 0.29) is 11.8 Å². The smallest absolute Gasteiger partial charge is 0.270 e. The van der Waals surface area contributed by atoms with E-state index in [2.05, 4.69) is 60.2 Å². The minimum atomic E-state index is -0.121. The van der Waals surface area contributed by atoms with E-state index in [9.17, 15) is 9.59 Å². The van der Waals surface area contributed by atoms with Crippen LogP contribution < -0.4 is 15.8 Å². The number of allylic oxidation sites excluding steroid dienone is 3. The zero-order valence-electron chi connectivity index (χ0n) is 21.0. The fourth-order valence-electron chi connectivity index (χ4n) is 5.24. The van der Waals surface area contributed by atoms with Crippen molar-refractivity contribution in [1.82, 2.24) is 10.4 Å². The SMILES string of the molecule is CCC1=C(c2nc3ccccc3s2)C(CC=C2SC(=S)N(c3ccc(NNC=O)cc3)C2=O)c2ccccc21. The van der Waals surface area contributed by atoms with E-state index in [1.54, 1.807) is 40.5 Å². The first kappa shape index (κ1) is 25.5. The van der Waals surface area contributed by atoms with Gasteiger partial charge in [-0.3, -0.25) is 25.3 Å². The van der Waals surface area contributed by atoms with Gasteiger partial charge in [0.05, 0.1) is 26.5 Å². The zero-order chi connectivity index (χ0) is 26.9. The summed E-state index contributed by atoms with van der Waals surface area (Å²) < 4.78 is 1.68. The number of benzene rings is 3. The molecule has 0 bridgehead atoms. The van der Waals surface area contributed by atoms with Crippen LogP contribution in [0.5, 0.6) is 0 Å². The summed E-state index contributed by atoms with van der Waals surface area (Å²) in [6, 6.07) is 24.0. The highest BCUT2D eigenvalue weighted by Gasteiger charge is 2.36. The molecule has 1 fully saturated rings. The number of hydrogen-bond acceptors (Lipinski definition) is 7. The molecular formula is C30H24N4O2S3. The topological polar surface area (TPSA) is 74.3 Å². The number of nitrogens with zero attached hydrogens (tertiary/aromatic N) is 2. The average molecular weight is 569 g/mol. The molecule has 1 atom stereocenters. The van der Waals surface area contributed by atoms with E-state index in [4.69, 9.17) is 17.2 Å². The molecule has 1 unspecified atom stereocenters. The Hall–Kier alpha value is -3.79. The second-order valence-electron chi connectivity index (χ2n) is 9.12. The first-order valence-electron chi connectivity index (χ1n) is 12.6. The Kier molecular flexibility index (Phi) is 7.03. The normalized spacial score (nSPS) is 17.8. The maximum Gasteiger partial charge on any atom is 0.270 e. The summed E-state index contributed by atoms with van der Waals surface area (Å²) in [5, 5.41) is 1.05. The Bertz CT molecular complexity index is 1640. The molecule has 194 valence electrons. The van der Waals surface area contributed by atoms with Crippen LogP contribution in [0.25, 0.3) is 21.4 Å². The fourth-order valence-corrected chi connectivity index (χ4v) is 7.61. The Labute approximate surface area is 239 Å². The van der Waals surface area contributed by atoms with Crippen LogP contribution in [0, 0.1) is 0 Å². The highest BCUT2D eigenvalue weighted by Crippen LogP contribution is 2.51. The van der Waals surface area contributed by atoms with Crippen LogP contribution >= 0.6 is 35.3 Å². The summed E-state index contributed by atoms with van der Waals surface area (Å²) in [6.07, 6.45) is 4.19. The summed E-state index contributed by atoms with van der Waals surface area (Å²) in [6.45, 7) is 2.20. The van der Waals surface area contributed by atoms with Crippen molar-refractivity contribution in [3.8, 4) is 0 Å². The predicted octanol–water partition coefficient (Wildman–Crippen LogP) is 7.13. The van der Waals surface area contributed by atoms with Crippen molar-refractivity contribution in [2.24, 2.45) is 0 Å². The molecule has 1 aliphatic heterocycles. The molecule has 0 radical (unpaired) electrons. The van der Waals surface area contributed by atoms with Gasteiger partial charge in [-0.15, -0.1) is 11.3 Å². The lowest BCUT2D eigenvalue weighted by molar-refractivity contribution is -0.113. The number of hydrazine groups is 1. The number of rotatable bonds is 8. The van der Waals surface area contributed by atoms with Crippen molar-refractivity contribution in [2.45, 2.75) is 25.7 Å². The van der Waals surface area contributed by atoms with E-state index in [1.807, 2.05) is 12.1 Å². The number of para-hydroxylation sites is 1.